The van der Waals surface area contributed by atoms with Crippen molar-refractivity contribution >= 4 is 17.7 Å². The molecule has 4 heteroatoms. The van der Waals surface area contributed by atoms with Gasteiger partial charge in [-0.3, -0.25) is 4.79 Å². The molecule has 0 fully saturated rings. The van der Waals surface area contributed by atoms with Gasteiger partial charge in [-0.1, -0.05) is 36.4 Å². The van der Waals surface area contributed by atoms with Gasteiger partial charge >= 0.3 is 5.97 Å². The number of rotatable bonds is 5. The molecule has 0 N–H and O–H groups in total. The van der Waals surface area contributed by atoms with Crippen LogP contribution in [-0.2, 0) is 9.53 Å². The van der Waals surface area contributed by atoms with Gasteiger partial charge < -0.3 is 4.74 Å². The third-order valence-electron chi connectivity index (χ3n) is 3.24. The number of methoxy groups -OCH3 is 1. The lowest BCUT2D eigenvalue weighted by Crippen LogP contribution is -2.04. The van der Waals surface area contributed by atoms with Crippen molar-refractivity contribution in [2.45, 2.75) is 12.2 Å². The summed E-state index contributed by atoms with van der Waals surface area (Å²) in [6.07, 6.45) is 0. The Labute approximate surface area is 128 Å². The summed E-state index contributed by atoms with van der Waals surface area (Å²) in [7, 11) is 1.39. The third kappa shape index (κ3) is 4.33. The maximum Gasteiger partial charge on any atom is 0.315 e. The van der Waals surface area contributed by atoms with Gasteiger partial charge in [0.15, 0.2) is 0 Å². The maximum atomic E-state index is 12.9. The largest absolute Gasteiger partial charge is 0.468 e. The fourth-order valence-corrected chi connectivity index (χ4v) is 2.79. The second-order valence-electron chi connectivity index (χ2n) is 4.66. The standard InChI is InChI=1S/C17H17FO2S/c1-12(21-11-17(19)20-2)13-3-5-14(6-4-13)15-7-9-16(18)10-8-15/h3-10,12H,11H2,1-2H3. The highest BCUT2D eigenvalue weighted by molar-refractivity contribution is 8.00. The number of hydrogen-bond acceptors (Lipinski definition) is 3. The lowest BCUT2D eigenvalue weighted by Gasteiger charge is -2.11. The van der Waals surface area contributed by atoms with E-state index in [-0.39, 0.29) is 17.0 Å². The Morgan fingerprint density at radius 2 is 1.62 bits per heavy atom. The van der Waals surface area contributed by atoms with Crippen molar-refractivity contribution in [1.82, 2.24) is 0 Å². The van der Waals surface area contributed by atoms with E-state index in [1.165, 1.54) is 19.2 Å². The normalized spacial score (nSPS) is 12.0. The van der Waals surface area contributed by atoms with Gasteiger partial charge in [-0.2, -0.15) is 0 Å². The van der Waals surface area contributed by atoms with Gasteiger partial charge in [0, 0.05) is 5.25 Å². The van der Waals surface area contributed by atoms with Crippen molar-refractivity contribution in [3.63, 3.8) is 0 Å². The Balaban J connectivity index is 2.04. The summed E-state index contributed by atoms with van der Waals surface area (Å²) >= 11 is 1.54. The van der Waals surface area contributed by atoms with Crippen molar-refractivity contribution in [3.8, 4) is 11.1 Å². The molecular weight excluding hydrogens is 287 g/mol. The van der Waals surface area contributed by atoms with Crippen LogP contribution >= 0.6 is 11.8 Å². The molecule has 1 atom stereocenters. The molecule has 0 amide bonds. The highest BCUT2D eigenvalue weighted by atomic mass is 32.2. The van der Waals surface area contributed by atoms with Crippen LogP contribution in [0.5, 0.6) is 0 Å². The molecule has 0 aliphatic rings. The van der Waals surface area contributed by atoms with Crippen LogP contribution in [-0.4, -0.2) is 18.8 Å². The van der Waals surface area contributed by atoms with E-state index in [0.29, 0.717) is 5.75 Å². The van der Waals surface area contributed by atoms with E-state index >= 15 is 0 Å². The van der Waals surface area contributed by atoms with Gasteiger partial charge in [-0.15, -0.1) is 11.8 Å². The molecule has 1 unspecified atom stereocenters. The minimum absolute atomic E-state index is 0.213. The predicted molar refractivity (Wildman–Crippen MR) is 84.7 cm³/mol. The van der Waals surface area contributed by atoms with E-state index in [2.05, 4.69) is 11.7 Å². The van der Waals surface area contributed by atoms with E-state index < -0.39 is 0 Å². The SMILES string of the molecule is COC(=O)CSC(C)c1ccc(-c2ccc(F)cc2)cc1. The first-order valence-corrected chi connectivity index (χ1v) is 7.69. The van der Waals surface area contributed by atoms with E-state index in [9.17, 15) is 9.18 Å². The van der Waals surface area contributed by atoms with Crippen LogP contribution in [0.4, 0.5) is 4.39 Å². The Hall–Kier alpha value is -1.81. The fraction of sp³-hybridized carbons (Fsp3) is 0.235. The van der Waals surface area contributed by atoms with E-state index in [4.69, 9.17) is 0 Å². The van der Waals surface area contributed by atoms with Gasteiger partial charge in [-0.05, 0) is 35.7 Å². The lowest BCUT2D eigenvalue weighted by atomic mass is 10.0. The smallest absolute Gasteiger partial charge is 0.315 e. The topological polar surface area (TPSA) is 26.3 Å². The fourth-order valence-electron chi connectivity index (χ4n) is 1.94. The summed E-state index contributed by atoms with van der Waals surface area (Å²) in [6, 6.07) is 14.5. The van der Waals surface area contributed by atoms with Crippen molar-refractivity contribution in [2.24, 2.45) is 0 Å². The lowest BCUT2D eigenvalue weighted by molar-refractivity contribution is -0.137. The molecule has 2 nitrogen and oxygen atoms in total. The maximum absolute atomic E-state index is 12.9. The van der Waals surface area contributed by atoms with Crippen LogP contribution in [0.3, 0.4) is 0 Å². The summed E-state index contributed by atoms with van der Waals surface area (Å²) in [5.41, 5.74) is 3.18. The number of carbonyl (C=O) groups excluding carboxylic acids is 1. The molecule has 0 radical (unpaired) electrons. The van der Waals surface area contributed by atoms with Crippen molar-refractivity contribution < 1.29 is 13.9 Å². The monoisotopic (exact) mass is 304 g/mol. The Bertz CT molecular complexity index is 593. The van der Waals surface area contributed by atoms with Gasteiger partial charge in [0.25, 0.3) is 0 Å². The number of esters is 1. The minimum Gasteiger partial charge on any atom is -0.468 e. The van der Waals surface area contributed by atoms with Crippen LogP contribution in [0, 0.1) is 5.82 Å². The van der Waals surface area contributed by atoms with Crippen LogP contribution in [0.1, 0.15) is 17.7 Å². The first-order valence-electron chi connectivity index (χ1n) is 6.64. The van der Waals surface area contributed by atoms with Crippen LogP contribution < -0.4 is 0 Å². The molecule has 110 valence electrons. The molecule has 0 aromatic heterocycles. The molecule has 21 heavy (non-hydrogen) atoms. The Kier molecular flexibility index (Phi) is 5.39. The average Bonchev–Trinajstić information content (AvgIpc) is 2.53. The zero-order valence-electron chi connectivity index (χ0n) is 12.0. The predicted octanol–water partition coefficient (Wildman–Crippen LogP) is 4.46. The third-order valence-corrected chi connectivity index (χ3v) is 4.41. The van der Waals surface area contributed by atoms with Gasteiger partial charge in [0.05, 0.1) is 12.9 Å². The van der Waals surface area contributed by atoms with Crippen LogP contribution in [0.15, 0.2) is 48.5 Å². The molecule has 0 saturated heterocycles. The quantitative estimate of drug-likeness (QED) is 0.763. The zero-order valence-corrected chi connectivity index (χ0v) is 12.8. The van der Waals surface area contributed by atoms with Gasteiger partial charge in [0.2, 0.25) is 0 Å². The van der Waals surface area contributed by atoms with E-state index in [1.807, 2.05) is 24.3 Å². The minimum atomic E-state index is -0.233. The molecule has 0 bridgehead atoms. The summed E-state index contributed by atoms with van der Waals surface area (Å²) in [5.74, 6) is -0.102. The van der Waals surface area contributed by atoms with E-state index in [0.717, 1.165) is 16.7 Å². The molecule has 0 saturated carbocycles. The zero-order chi connectivity index (χ0) is 15.2. The summed E-state index contributed by atoms with van der Waals surface area (Å²) in [6.45, 7) is 2.06. The molecule has 0 spiro atoms. The number of thioether (sulfide) groups is 1. The molecular formula is C17H17FO2S. The summed E-state index contributed by atoms with van der Waals surface area (Å²) < 4.78 is 17.5. The molecule has 2 aromatic carbocycles. The number of carbonyl (C=O) groups is 1. The van der Waals surface area contributed by atoms with Gasteiger partial charge in [0.1, 0.15) is 5.82 Å². The first kappa shape index (κ1) is 15.6. The second kappa shape index (κ2) is 7.27. The molecule has 2 aromatic rings. The summed E-state index contributed by atoms with van der Waals surface area (Å²) in [4.78, 5) is 11.1. The molecule has 0 heterocycles. The van der Waals surface area contributed by atoms with Crippen molar-refractivity contribution in [3.05, 3.63) is 59.9 Å². The Morgan fingerprint density at radius 3 is 2.14 bits per heavy atom. The molecule has 0 aliphatic carbocycles. The van der Waals surface area contributed by atoms with Crippen LogP contribution in [0.2, 0.25) is 0 Å². The number of ether oxygens (including phenoxy) is 1. The summed E-state index contributed by atoms with van der Waals surface area (Å²) in [5, 5.41) is 0.214. The van der Waals surface area contributed by atoms with Gasteiger partial charge in [-0.25, -0.2) is 4.39 Å². The average molecular weight is 304 g/mol. The van der Waals surface area contributed by atoms with E-state index in [1.54, 1.807) is 23.9 Å². The Morgan fingerprint density at radius 1 is 1.10 bits per heavy atom. The number of hydrogen-bond donors (Lipinski definition) is 0. The number of halogens is 1. The van der Waals surface area contributed by atoms with Crippen molar-refractivity contribution in [2.75, 3.05) is 12.9 Å². The molecule has 2 rings (SSSR count). The highest BCUT2D eigenvalue weighted by Gasteiger charge is 2.09. The van der Waals surface area contributed by atoms with Crippen molar-refractivity contribution in [1.29, 1.82) is 0 Å². The first-order chi connectivity index (χ1) is 10.1. The molecule has 0 aliphatic heterocycles. The number of benzene rings is 2. The van der Waals surface area contributed by atoms with Crippen LogP contribution in [0.25, 0.3) is 11.1 Å². The second-order valence-corrected chi connectivity index (χ2v) is 5.99. The highest BCUT2D eigenvalue weighted by Crippen LogP contribution is 2.30.